The summed E-state index contributed by atoms with van der Waals surface area (Å²) >= 11 is 1.55. The number of nitrogens with zero attached hydrogens (tertiary/aromatic N) is 1. The summed E-state index contributed by atoms with van der Waals surface area (Å²) in [5.41, 5.74) is 2.66. The first-order valence-electron chi connectivity index (χ1n) is 11.8. The minimum absolute atomic E-state index is 0.158. The van der Waals surface area contributed by atoms with Crippen LogP contribution in [0.1, 0.15) is 48.0 Å². The predicted octanol–water partition coefficient (Wildman–Crippen LogP) is 4.17. The summed E-state index contributed by atoms with van der Waals surface area (Å²) < 4.78 is 0. The Morgan fingerprint density at radius 2 is 1.54 bits per heavy atom. The summed E-state index contributed by atoms with van der Waals surface area (Å²) in [4.78, 5) is 28.8. The summed E-state index contributed by atoms with van der Waals surface area (Å²) in [5.74, 6) is 0.130. The van der Waals surface area contributed by atoms with E-state index in [4.69, 9.17) is 0 Å². The minimum Gasteiger partial charge on any atom is -0.465 e. The number of rotatable bonds is 12. The molecular formula is C27H33N3O4S. The van der Waals surface area contributed by atoms with Gasteiger partial charge in [0.25, 0.3) is 0 Å². The van der Waals surface area contributed by atoms with E-state index in [9.17, 15) is 19.8 Å². The number of carbonyl (C=O) groups excluding carboxylic acids is 1. The third-order valence-electron chi connectivity index (χ3n) is 5.69. The van der Waals surface area contributed by atoms with E-state index in [0.717, 1.165) is 21.8 Å². The molecule has 4 N–H and O–H groups in total. The van der Waals surface area contributed by atoms with Gasteiger partial charge in [-0.3, -0.25) is 4.79 Å². The van der Waals surface area contributed by atoms with E-state index in [2.05, 4.69) is 29.5 Å². The Labute approximate surface area is 210 Å². The molecule has 3 atom stereocenters. The first-order valence-corrected chi connectivity index (χ1v) is 12.7. The quantitative estimate of drug-likeness (QED) is 0.301. The first-order chi connectivity index (χ1) is 16.8. The number of aliphatic hydroxyl groups is 1. The van der Waals surface area contributed by atoms with Crippen LogP contribution in [0.4, 0.5) is 4.79 Å². The van der Waals surface area contributed by atoms with Crippen molar-refractivity contribution < 1.29 is 19.8 Å². The number of carbonyl (C=O) groups is 2. The molecule has 0 aliphatic carbocycles. The summed E-state index contributed by atoms with van der Waals surface area (Å²) in [7, 11) is 0. The second-order valence-electron chi connectivity index (χ2n) is 9.01. The van der Waals surface area contributed by atoms with Crippen LogP contribution in [0.3, 0.4) is 0 Å². The molecule has 3 aromatic rings. The summed E-state index contributed by atoms with van der Waals surface area (Å²) in [6, 6.07) is 18.1. The highest BCUT2D eigenvalue weighted by Crippen LogP contribution is 2.20. The van der Waals surface area contributed by atoms with Gasteiger partial charge in [0.05, 0.1) is 29.3 Å². The van der Waals surface area contributed by atoms with Crippen molar-refractivity contribution in [1.29, 1.82) is 0 Å². The van der Waals surface area contributed by atoms with Crippen LogP contribution in [0.2, 0.25) is 0 Å². The molecule has 1 heterocycles. The van der Waals surface area contributed by atoms with Crippen molar-refractivity contribution >= 4 is 23.3 Å². The molecule has 7 nitrogen and oxygen atoms in total. The number of aromatic nitrogens is 1. The number of nitrogens with one attached hydrogen (secondary N) is 2. The zero-order valence-corrected chi connectivity index (χ0v) is 20.9. The Hall–Kier alpha value is -3.23. The van der Waals surface area contributed by atoms with Crippen molar-refractivity contribution in [3.8, 4) is 0 Å². The largest absolute Gasteiger partial charge is 0.465 e. The van der Waals surface area contributed by atoms with Crippen LogP contribution in [-0.2, 0) is 24.1 Å². The fraction of sp³-hybridized carbons (Fsp3) is 0.370. The molecule has 0 bridgehead atoms. The van der Waals surface area contributed by atoms with Gasteiger partial charge in [-0.2, -0.15) is 0 Å². The lowest BCUT2D eigenvalue weighted by Gasteiger charge is -2.27. The second kappa shape index (κ2) is 13.0. The van der Waals surface area contributed by atoms with E-state index in [1.165, 1.54) is 0 Å². The zero-order chi connectivity index (χ0) is 25.2. The Bertz CT molecular complexity index is 1070. The van der Waals surface area contributed by atoms with E-state index in [1.807, 2.05) is 66.0 Å². The van der Waals surface area contributed by atoms with E-state index in [1.54, 1.807) is 11.3 Å². The van der Waals surface area contributed by atoms with Crippen LogP contribution < -0.4 is 10.6 Å². The molecule has 0 spiro atoms. The van der Waals surface area contributed by atoms with Crippen molar-refractivity contribution in [2.45, 2.75) is 63.6 Å². The summed E-state index contributed by atoms with van der Waals surface area (Å²) in [6.07, 6.45) is -0.969. The highest BCUT2D eigenvalue weighted by Gasteiger charge is 2.26. The van der Waals surface area contributed by atoms with Gasteiger partial charge in [0.15, 0.2) is 0 Å². The van der Waals surface area contributed by atoms with E-state index >= 15 is 0 Å². The lowest BCUT2D eigenvalue weighted by Crippen LogP contribution is -2.48. The lowest BCUT2D eigenvalue weighted by molar-refractivity contribution is -0.121. The normalized spacial score (nSPS) is 13.7. The highest BCUT2D eigenvalue weighted by atomic mass is 32.1. The van der Waals surface area contributed by atoms with Gasteiger partial charge < -0.3 is 20.8 Å². The predicted molar refractivity (Wildman–Crippen MR) is 138 cm³/mol. The van der Waals surface area contributed by atoms with Crippen molar-refractivity contribution in [2.75, 3.05) is 0 Å². The number of carboxylic acid groups (broad SMARTS) is 1. The van der Waals surface area contributed by atoms with E-state index < -0.39 is 18.2 Å². The Balaban J connectivity index is 1.71. The molecule has 35 heavy (non-hydrogen) atoms. The maximum Gasteiger partial charge on any atom is 0.404 e. The maximum absolute atomic E-state index is 12.9. The van der Waals surface area contributed by atoms with Crippen LogP contribution in [0, 0.1) is 0 Å². The molecule has 0 aliphatic rings. The summed E-state index contributed by atoms with van der Waals surface area (Å²) in [6.45, 7) is 4.13. The van der Waals surface area contributed by atoms with E-state index in [-0.39, 0.29) is 24.8 Å². The van der Waals surface area contributed by atoms with Gasteiger partial charge in [0, 0.05) is 17.3 Å². The number of aliphatic hydroxyl groups excluding tert-OH is 1. The zero-order valence-electron chi connectivity index (χ0n) is 20.1. The number of benzene rings is 2. The van der Waals surface area contributed by atoms with Crippen LogP contribution in [0.5, 0.6) is 0 Å². The Morgan fingerprint density at radius 1 is 0.943 bits per heavy atom. The molecule has 0 unspecified atom stereocenters. The Morgan fingerprint density at radius 3 is 2.09 bits per heavy atom. The topological polar surface area (TPSA) is 112 Å². The van der Waals surface area contributed by atoms with Crippen molar-refractivity contribution in [3.05, 3.63) is 87.9 Å². The van der Waals surface area contributed by atoms with Gasteiger partial charge in [-0.05, 0) is 30.4 Å². The highest BCUT2D eigenvalue weighted by molar-refractivity contribution is 7.09. The van der Waals surface area contributed by atoms with E-state index in [0.29, 0.717) is 18.8 Å². The average Bonchev–Trinajstić information content (AvgIpc) is 3.28. The SMILES string of the molecule is CC(C)c1nc(CC(=O)N[C@@H](Cc2ccccc2)C[C@@H](O)[C@H](Cc2ccccc2)NC(=O)O)cs1. The van der Waals surface area contributed by atoms with Gasteiger partial charge >= 0.3 is 6.09 Å². The lowest BCUT2D eigenvalue weighted by atomic mass is 9.93. The molecule has 1 aromatic heterocycles. The van der Waals surface area contributed by atoms with Crippen LogP contribution in [-0.4, -0.2) is 45.4 Å². The summed E-state index contributed by atoms with van der Waals surface area (Å²) in [5, 5.41) is 28.8. The molecule has 8 heteroatoms. The minimum atomic E-state index is -1.20. The van der Waals surface area contributed by atoms with Crippen molar-refractivity contribution in [1.82, 2.24) is 15.6 Å². The molecule has 2 aromatic carbocycles. The second-order valence-corrected chi connectivity index (χ2v) is 9.90. The van der Waals surface area contributed by atoms with Crippen LogP contribution in [0.15, 0.2) is 66.0 Å². The van der Waals surface area contributed by atoms with Gasteiger partial charge in [-0.15, -0.1) is 11.3 Å². The fourth-order valence-electron chi connectivity index (χ4n) is 3.97. The maximum atomic E-state index is 12.9. The van der Waals surface area contributed by atoms with Gasteiger partial charge in [-0.1, -0.05) is 74.5 Å². The molecular weight excluding hydrogens is 462 g/mol. The first kappa shape index (κ1) is 26.4. The third-order valence-corrected chi connectivity index (χ3v) is 6.89. The number of thiazole rings is 1. The van der Waals surface area contributed by atoms with Crippen molar-refractivity contribution in [3.63, 3.8) is 0 Å². The molecule has 0 fully saturated rings. The van der Waals surface area contributed by atoms with Crippen molar-refractivity contribution in [2.24, 2.45) is 0 Å². The van der Waals surface area contributed by atoms with Gasteiger partial charge in [0.2, 0.25) is 5.91 Å². The number of hydrogen-bond donors (Lipinski definition) is 4. The fourth-order valence-corrected chi connectivity index (χ4v) is 4.80. The molecule has 0 saturated carbocycles. The molecule has 0 aliphatic heterocycles. The number of hydrogen-bond acceptors (Lipinski definition) is 5. The molecule has 0 radical (unpaired) electrons. The van der Waals surface area contributed by atoms with Crippen LogP contribution >= 0.6 is 11.3 Å². The molecule has 0 saturated heterocycles. The molecule has 2 amide bonds. The third kappa shape index (κ3) is 8.81. The standard InChI is InChI=1S/C27H33N3O4S/c1-18(2)26-29-22(17-35-26)16-25(32)28-21(13-19-9-5-3-6-10-19)15-24(31)23(30-27(33)34)14-20-11-7-4-8-12-20/h3-12,17-18,21,23-24,30-31H,13-16H2,1-2H3,(H,28,32)(H,33,34)/t21-,23-,24+/m0/s1. The van der Waals surface area contributed by atoms with Gasteiger partial charge in [-0.25, -0.2) is 9.78 Å². The smallest absolute Gasteiger partial charge is 0.404 e. The number of amides is 2. The van der Waals surface area contributed by atoms with Crippen LogP contribution in [0.25, 0.3) is 0 Å². The molecule has 3 rings (SSSR count). The average molecular weight is 496 g/mol. The molecule has 186 valence electrons. The monoisotopic (exact) mass is 495 g/mol. The van der Waals surface area contributed by atoms with Gasteiger partial charge in [0.1, 0.15) is 0 Å². The Kier molecular flexibility index (Phi) is 9.81.